The summed E-state index contributed by atoms with van der Waals surface area (Å²) in [5, 5.41) is 3.34. The second kappa shape index (κ2) is 6.55. The first-order valence-electron chi connectivity index (χ1n) is 6.74. The third kappa shape index (κ3) is 3.84. The molecule has 0 aromatic heterocycles. The van der Waals surface area contributed by atoms with Crippen LogP contribution in [0.3, 0.4) is 0 Å². The number of amides is 1. The molecular weight excluding hydrogens is 224 g/mol. The molecule has 1 unspecified atom stereocenters. The van der Waals surface area contributed by atoms with Gasteiger partial charge < -0.3 is 10.2 Å². The number of carbonyl (C=O) groups excluding carboxylic acids is 1. The predicted octanol–water partition coefficient (Wildman–Crippen LogP) is 1.69. The van der Waals surface area contributed by atoms with Gasteiger partial charge in [-0.2, -0.15) is 0 Å². The maximum absolute atomic E-state index is 12.0. The lowest BCUT2D eigenvalue weighted by Gasteiger charge is -2.20. The van der Waals surface area contributed by atoms with Gasteiger partial charge in [0.05, 0.1) is 0 Å². The van der Waals surface area contributed by atoms with E-state index < -0.39 is 0 Å². The standard InChI is InChI=1S/C15H22N2O/c1-17(12-14-9-10-16-11-14)15(18)8-7-13-5-3-2-4-6-13/h2-6,14,16H,7-12H2,1H3. The molecule has 98 valence electrons. The van der Waals surface area contributed by atoms with Crippen LogP contribution in [-0.4, -0.2) is 37.5 Å². The molecule has 3 nitrogen and oxygen atoms in total. The summed E-state index contributed by atoms with van der Waals surface area (Å²) >= 11 is 0. The van der Waals surface area contributed by atoms with Crippen LogP contribution in [0.2, 0.25) is 0 Å². The van der Waals surface area contributed by atoms with Crippen LogP contribution in [0.1, 0.15) is 18.4 Å². The Bertz CT molecular complexity index is 371. The van der Waals surface area contributed by atoms with Crippen LogP contribution in [0, 0.1) is 5.92 Å². The van der Waals surface area contributed by atoms with Crippen LogP contribution in [0.4, 0.5) is 0 Å². The van der Waals surface area contributed by atoms with Gasteiger partial charge >= 0.3 is 0 Å². The van der Waals surface area contributed by atoms with E-state index >= 15 is 0 Å². The minimum atomic E-state index is 0.255. The van der Waals surface area contributed by atoms with Gasteiger partial charge in [-0.15, -0.1) is 0 Å². The molecule has 1 aliphatic rings. The molecule has 0 aliphatic carbocycles. The molecule has 0 saturated carbocycles. The van der Waals surface area contributed by atoms with Crippen LogP contribution >= 0.6 is 0 Å². The van der Waals surface area contributed by atoms with Crippen molar-refractivity contribution in [3.63, 3.8) is 0 Å². The van der Waals surface area contributed by atoms with E-state index in [2.05, 4.69) is 17.4 Å². The van der Waals surface area contributed by atoms with Gasteiger partial charge in [0.2, 0.25) is 5.91 Å². The van der Waals surface area contributed by atoms with Crippen molar-refractivity contribution < 1.29 is 4.79 Å². The second-order valence-electron chi connectivity index (χ2n) is 5.12. The summed E-state index contributed by atoms with van der Waals surface area (Å²) in [4.78, 5) is 13.9. The van der Waals surface area contributed by atoms with Crippen molar-refractivity contribution in [3.8, 4) is 0 Å². The summed E-state index contributed by atoms with van der Waals surface area (Å²) < 4.78 is 0. The predicted molar refractivity (Wildman–Crippen MR) is 73.4 cm³/mol. The fourth-order valence-corrected chi connectivity index (χ4v) is 2.45. The van der Waals surface area contributed by atoms with Gasteiger partial charge in [0.15, 0.2) is 0 Å². The number of carbonyl (C=O) groups is 1. The van der Waals surface area contributed by atoms with Crippen LogP contribution in [0.5, 0.6) is 0 Å². The monoisotopic (exact) mass is 246 g/mol. The maximum Gasteiger partial charge on any atom is 0.222 e. The van der Waals surface area contributed by atoms with Crippen LogP contribution < -0.4 is 5.32 Å². The number of hydrogen-bond donors (Lipinski definition) is 1. The lowest BCUT2D eigenvalue weighted by molar-refractivity contribution is -0.130. The Morgan fingerprint density at radius 1 is 1.39 bits per heavy atom. The average Bonchev–Trinajstić information content (AvgIpc) is 2.90. The molecule has 1 amide bonds. The van der Waals surface area contributed by atoms with Crippen molar-refractivity contribution in [1.29, 1.82) is 0 Å². The largest absolute Gasteiger partial charge is 0.345 e. The van der Waals surface area contributed by atoms with Crippen LogP contribution in [0.15, 0.2) is 30.3 Å². The lowest BCUT2D eigenvalue weighted by atomic mass is 10.1. The molecule has 0 spiro atoms. The summed E-state index contributed by atoms with van der Waals surface area (Å²) in [6, 6.07) is 10.2. The summed E-state index contributed by atoms with van der Waals surface area (Å²) in [5.74, 6) is 0.890. The molecule has 1 N–H and O–H groups in total. The molecule has 0 bridgehead atoms. The van der Waals surface area contributed by atoms with Crippen molar-refractivity contribution in [2.45, 2.75) is 19.3 Å². The highest BCUT2D eigenvalue weighted by molar-refractivity contribution is 5.76. The maximum atomic E-state index is 12.0. The Hall–Kier alpha value is -1.35. The Kier molecular flexibility index (Phi) is 4.76. The number of nitrogens with one attached hydrogen (secondary N) is 1. The number of nitrogens with zero attached hydrogens (tertiary/aromatic N) is 1. The third-order valence-corrected chi connectivity index (χ3v) is 3.59. The summed E-state index contributed by atoms with van der Waals surface area (Å²) in [6.45, 7) is 3.04. The number of benzene rings is 1. The van der Waals surface area contributed by atoms with Crippen molar-refractivity contribution >= 4 is 5.91 Å². The summed E-state index contributed by atoms with van der Waals surface area (Å²) in [7, 11) is 1.92. The highest BCUT2D eigenvalue weighted by Gasteiger charge is 2.18. The fraction of sp³-hybridized carbons (Fsp3) is 0.533. The molecular formula is C15H22N2O. The molecule has 3 heteroatoms. The zero-order chi connectivity index (χ0) is 12.8. The van der Waals surface area contributed by atoms with Gasteiger partial charge in [-0.1, -0.05) is 30.3 Å². The molecule has 1 saturated heterocycles. The SMILES string of the molecule is CN(CC1CCNC1)C(=O)CCc1ccccc1. The zero-order valence-electron chi connectivity index (χ0n) is 11.1. The van der Waals surface area contributed by atoms with Gasteiger partial charge in [-0.25, -0.2) is 0 Å². The van der Waals surface area contributed by atoms with E-state index in [0.717, 1.165) is 26.1 Å². The molecule has 1 aromatic rings. The molecule has 0 radical (unpaired) electrons. The molecule has 1 aromatic carbocycles. The van der Waals surface area contributed by atoms with E-state index in [0.29, 0.717) is 12.3 Å². The molecule has 1 aliphatic heterocycles. The smallest absolute Gasteiger partial charge is 0.222 e. The molecule has 1 fully saturated rings. The minimum absolute atomic E-state index is 0.255. The number of hydrogen-bond acceptors (Lipinski definition) is 2. The Labute approximate surface area is 109 Å². The molecule has 18 heavy (non-hydrogen) atoms. The average molecular weight is 246 g/mol. The van der Waals surface area contributed by atoms with Gasteiger partial charge in [0.25, 0.3) is 0 Å². The lowest BCUT2D eigenvalue weighted by Crippen LogP contribution is -2.32. The summed E-state index contributed by atoms with van der Waals surface area (Å²) in [6.07, 6.45) is 2.64. The second-order valence-corrected chi connectivity index (χ2v) is 5.12. The van der Waals surface area contributed by atoms with E-state index in [1.165, 1.54) is 12.0 Å². The first-order valence-corrected chi connectivity index (χ1v) is 6.74. The molecule has 1 heterocycles. The van der Waals surface area contributed by atoms with E-state index in [1.807, 2.05) is 30.1 Å². The number of aryl methyl sites for hydroxylation is 1. The Morgan fingerprint density at radius 2 is 2.17 bits per heavy atom. The first kappa shape index (κ1) is 13.1. The third-order valence-electron chi connectivity index (χ3n) is 3.59. The van der Waals surface area contributed by atoms with Gasteiger partial charge in [0.1, 0.15) is 0 Å². The Morgan fingerprint density at radius 3 is 2.83 bits per heavy atom. The number of rotatable bonds is 5. The fourth-order valence-electron chi connectivity index (χ4n) is 2.45. The molecule has 2 rings (SSSR count). The minimum Gasteiger partial charge on any atom is -0.345 e. The topological polar surface area (TPSA) is 32.3 Å². The van der Waals surface area contributed by atoms with E-state index in [9.17, 15) is 4.79 Å². The zero-order valence-corrected chi connectivity index (χ0v) is 11.1. The van der Waals surface area contributed by atoms with Gasteiger partial charge in [-0.05, 0) is 37.4 Å². The first-order chi connectivity index (χ1) is 8.75. The van der Waals surface area contributed by atoms with Gasteiger partial charge in [-0.3, -0.25) is 4.79 Å². The van der Waals surface area contributed by atoms with E-state index in [-0.39, 0.29) is 5.91 Å². The van der Waals surface area contributed by atoms with Crippen LogP contribution in [-0.2, 0) is 11.2 Å². The van der Waals surface area contributed by atoms with E-state index in [1.54, 1.807) is 0 Å². The normalized spacial score (nSPS) is 18.8. The summed E-state index contributed by atoms with van der Waals surface area (Å²) in [5.41, 5.74) is 1.24. The quantitative estimate of drug-likeness (QED) is 0.857. The molecule has 1 atom stereocenters. The van der Waals surface area contributed by atoms with Crippen LogP contribution in [0.25, 0.3) is 0 Å². The van der Waals surface area contributed by atoms with Crippen molar-refractivity contribution in [2.75, 3.05) is 26.7 Å². The van der Waals surface area contributed by atoms with Crippen molar-refractivity contribution in [2.24, 2.45) is 5.92 Å². The van der Waals surface area contributed by atoms with Gasteiger partial charge in [0, 0.05) is 20.0 Å². The van der Waals surface area contributed by atoms with Crippen molar-refractivity contribution in [1.82, 2.24) is 10.2 Å². The van der Waals surface area contributed by atoms with E-state index in [4.69, 9.17) is 0 Å². The van der Waals surface area contributed by atoms with Crippen molar-refractivity contribution in [3.05, 3.63) is 35.9 Å². The highest BCUT2D eigenvalue weighted by Crippen LogP contribution is 2.10. The highest BCUT2D eigenvalue weighted by atomic mass is 16.2. The Balaban J connectivity index is 1.73.